The number of fused-ring (bicyclic) bond motifs is 1. The summed E-state index contributed by atoms with van der Waals surface area (Å²) < 4.78 is 14.5. The summed E-state index contributed by atoms with van der Waals surface area (Å²) in [6.07, 6.45) is 1.52. The van der Waals surface area contributed by atoms with E-state index >= 15 is 0 Å². The van der Waals surface area contributed by atoms with E-state index in [9.17, 15) is 14.0 Å². The molecule has 1 aromatic heterocycles. The molecule has 1 N–H and O–H groups in total. The van der Waals surface area contributed by atoms with Crippen LogP contribution in [0.15, 0.2) is 36.5 Å². The third-order valence-corrected chi connectivity index (χ3v) is 3.87. The molecule has 3 rings (SSSR count). The van der Waals surface area contributed by atoms with Crippen LogP contribution in [0.5, 0.6) is 0 Å². The fourth-order valence-electron chi connectivity index (χ4n) is 2.67. The third-order valence-electron chi connectivity index (χ3n) is 3.87. The van der Waals surface area contributed by atoms with E-state index in [2.05, 4.69) is 10.4 Å². The molecule has 7 heteroatoms. The Bertz CT molecular complexity index is 770. The van der Waals surface area contributed by atoms with Gasteiger partial charge in [-0.2, -0.15) is 5.10 Å². The molecule has 0 saturated carbocycles. The van der Waals surface area contributed by atoms with Gasteiger partial charge in [-0.1, -0.05) is 18.2 Å². The second-order valence-corrected chi connectivity index (χ2v) is 6.48. The number of hydrogen-bond donors (Lipinski definition) is 1. The molecule has 24 heavy (non-hydrogen) atoms. The summed E-state index contributed by atoms with van der Waals surface area (Å²) in [5, 5.41) is 6.85. The summed E-state index contributed by atoms with van der Waals surface area (Å²) >= 11 is 0. The number of benzene rings is 1. The van der Waals surface area contributed by atoms with E-state index in [0.29, 0.717) is 12.1 Å². The number of nitrogens with zero attached hydrogens (tertiary/aromatic N) is 3. The predicted molar refractivity (Wildman–Crippen MR) is 86.5 cm³/mol. The Balaban J connectivity index is 1.75. The fraction of sp³-hybridized carbons (Fsp3) is 0.353. The highest BCUT2D eigenvalue weighted by atomic mass is 19.1. The van der Waals surface area contributed by atoms with Gasteiger partial charge in [-0.25, -0.2) is 9.07 Å². The van der Waals surface area contributed by atoms with E-state index < -0.39 is 12.2 Å². The number of carbonyl (C=O) groups is 2. The van der Waals surface area contributed by atoms with Crippen LogP contribution in [0.3, 0.4) is 0 Å². The van der Waals surface area contributed by atoms with Crippen molar-refractivity contribution in [1.29, 1.82) is 0 Å². The maximum absolute atomic E-state index is 12.8. The van der Waals surface area contributed by atoms with Crippen molar-refractivity contribution in [3.63, 3.8) is 0 Å². The SMILES string of the molecule is CC(C)(CF)NC(=O)CN1Cc2c(cnn2-c2ccccc2)C1=O. The van der Waals surface area contributed by atoms with Crippen molar-refractivity contribution in [2.75, 3.05) is 13.2 Å². The van der Waals surface area contributed by atoms with Gasteiger partial charge in [0.15, 0.2) is 0 Å². The van der Waals surface area contributed by atoms with Crippen molar-refractivity contribution < 1.29 is 14.0 Å². The zero-order valence-corrected chi connectivity index (χ0v) is 13.6. The zero-order chi connectivity index (χ0) is 17.3. The van der Waals surface area contributed by atoms with E-state index in [1.807, 2.05) is 30.3 Å². The molecule has 0 unspecified atom stereocenters. The summed E-state index contributed by atoms with van der Waals surface area (Å²) in [4.78, 5) is 25.9. The lowest BCUT2D eigenvalue weighted by Crippen LogP contribution is -2.49. The maximum Gasteiger partial charge on any atom is 0.258 e. The Morgan fingerprint density at radius 2 is 2.04 bits per heavy atom. The van der Waals surface area contributed by atoms with Crippen molar-refractivity contribution in [2.45, 2.75) is 25.9 Å². The van der Waals surface area contributed by atoms with Crippen LogP contribution in [0.2, 0.25) is 0 Å². The Morgan fingerprint density at radius 3 is 2.71 bits per heavy atom. The van der Waals surface area contributed by atoms with Gasteiger partial charge in [-0.15, -0.1) is 0 Å². The van der Waals surface area contributed by atoms with Gasteiger partial charge in [0, 0.05) is 0 Å². The van der Waals surface area contributed by atoms with Crippen molar-refractivity contribution in [2.24, 2.45) is 0 Å². The molecule has 0 bridgehead atoms. The first-order valence-corrected chi connectivity index (χ1v) is 7.70. The molecule has 0 saturated heterocycles. The van der Waals surface area contributed by atoms with E-state index in [1.165, 1.54) is 11.1 Å². The Labute approximate surface area is 139 Å². The van der Waals surface area contributed by atoms with Gasteiger partial charge in [-0.3, -0.25) is 9.59 Å². The number of aromatic nitrogens is 2. The lowest BCUT2D eigenvalue weighted by molar-refractivity contribution is -0.123. The highest BCUT2D eigenvalue weighted by Gasteiger charge is 2.33. The monoisotopic (exact) mass is 330 g/mol. The second kappa shape index (κ2) is 6.07. The van der Waals surface area contributed by atoms with E-state index in [-0.39, 0.29) is 18.4 Å². The Hall–Kier alpha value is -2.70. The third kappa shape index (κ3) is 3.02. The molecule has 0 spiro atoms. The first-order chi connectivity index (χ1) is 11.4. The van der Waals surface area contributed by atoms with Crippen molar-refractivity contribution >= 4 is 11.8 Å². The summed E-state index contributed by atoms with van der Waals surface area (Å²) in [6, 6.07) is 9.49. The lowest BCUT2D eigenvalue weighted by atomic mass is 10.1. The van der Waals surface area contributed by atoms with Gasteiger partial charge >= 0.3 is 0 Å². The van der Waals surface area contributed by atoms with E-state index in [4.69, 9.17) is 0 Å². The van der Waals surface area contributed by atoms with Gasteiger partial charge < -0.3 is 10.2 Å². The number of carbonyl (C=O) groups excluding carboxylic acids is 2. The van der Waals surface area contributed by atoms with Crippen LogP contribution in [0.25, 0.3) is 5.69 Å². The summed E-state index contributed by atoms with van der Waals surface area (Å²) in [5.41, 5.74) is 1.17. The fourth-order valence-corrected chi connectivity index (χ4v) is 2.67. The quantitative estimate of drug-likeness (QED) is 0.907. The number of alkyl halides is 1. The minimum absolute atomic E-state index is 0.105. The molecule has 2 aromatic rings. The average molecular weight is 330 g/mol. The van der Waals surface area contributed by atoms with Crippen LogP contribution in [0.4, 0.5) is 4.39 Å². The minimum atomic E-state index is -0.937. The van der Waals surface area contributed by atoms with Crippen LogP contribution in [-0.2, 0) is 11.3 Å². The number of halogens is 1. The number of amides is 2. The van der Waals surface area contributed by atoms with Crippen molar-refractivity contribution in [1.82, 2.24) is 20.0 Å². The largest absolute Gasteiger partial charge is 0.347 e. The van der Waals surface area contributed by atoms with Crippen LogP contribution in [-0.4, -0.2) is 45.3 Å². The number of hydrogen-bond acceptors (Lipinski definition) is 3. The number of nitrogens with one attached hydrogen (secondary N) is 1. The number of rotatable bonds is 5. The highest BCUT2D eigenvalue weighted by molar-refractivity contribution is 5.99. The molecule has 2 amide bonds. The van der Waals surface area contributed by atoms with Crippen molar-refractivity contribution in [3.05, 3.63) is 47.8 Å². The molecule has 126 valence electrons. The molecule has 0 fully saturated rings. The molecule has 1 aromatic carbocycles. The smallest absolute Gasteiger partial charge is 0.258 e. The first kappa shape index (κ1) is 16.2. The number of para-hydroxylation sites is 1. The second-order valence-electron chi connectivity index (χ2n) is 6.48. The van der Waals surface area contributed by atoms with E-state index in [1.54, 1.807) is 18.5 Å². The molecule has 2 heterocycles. The predicted octanol–water partition coefficient (Wildman–Crippen LogP) is 1.69. The van der Waals surface area contributed by atoms with Crippen LogP contribution >= 0.6 is 0 Å². The minimum Gasteiger partial charge on any atom is -0.347 e. The van der Waals surface area contributed by atoms with Crippen molar-refractivity contribution in [3.8, 4) is 5.69 Å². The maximum atomic E-state index is 12.8. The molecular formula is C17H19FN4O2. The summed E-state index contributed by atoms with van der Waals surface area (Å²) in [5.74, 6) is -0.615. The lowest BCUT2D eigenvalue weighted by Gasteiger charge is -2.24. The summed E-state index contributed by atoms with van der Waals surface area (Å²) in [6.45, 7) is 2.71. The van der Waals surface area contributed by atoms with Gasteiger partial charge in [0.1, 0.15) is 13.2 Å². The molecule has 1 aliphatic heterocycles. The standard InChI is InChI=1S/C17H19FN4O2/c1-17(2,11-18)20-15(23)10-21-9-14-13(16(21)24)8-19-22(14)12-6-4-3-5-7-12/h3-8H,9-11H2,1-2H3,(H,20,23). The van der Waals surface area contributed by atoms with Gasteiger partial charge in [0.2, 0.25) is 5.91 Å². The molecule has 0 aliphatic carbocycles. The van der Waals surface area contributed by atoms with Gasteiger partial charge in [0.25, 0.3) is 5.91 Å². The van der Waals surface area contributed by atoms with Crippen LogP contribution in [0.1, 0.15) is 29.9 Å². The molecule has 6 nitrogen and oxygen atoms in total. The average Bonchev–Trinajstić information content (AvgIpc) is 3.09. The van der Waals surface area contributed by atoms with Gasteiger partial charge in [-0.05, 0) is 26.0 Å². The van der Waals surface area contributed by atoms with E-state index in [0.717, 1.165) is 11.4 Å². The highest BCUT2D eigenvalue weighted by Crippen LogP contribution is 2.24. The Kier molecular flexibility index (Phi) is 4.09. The molecule has 0 atom stereocenters. The van der Waals surface area contributed by atoms with Gasteiger partial charge in [0.05, 0.1) is 35.2 Å². The van der Waals surface area contributed by atoms with Crippen LogP contribution < -0.4 is 5.32 Å². The summed E-state index contributed by atoms with van der Waals surface area (Å²) in [7, 11) is 0. The Morgan fingerprint density at radius 1 is 1.33 bits per heavy atom. The molecule has 1 aliphatic rings. The van der Waals surface area contributed by atoms with Crippen LogP contribution in [0, 0.1) is 0 Å². The zero-order valence-electron chi connectivity index (χ0n) is 13.6. The first-order valence-electron chi connectivity index (χ1n) is 7.70. The normalized spacial score (nSPS) is 14.0. The molecular weight excluding hydrogens is 311 g/mol. The topological polar surface area (TPSA) is 67.2 Å². The molecule has 0 radical (unpaired) electrons.